The van der Waals surface area contributed by atoms with E-state index in [1.807, 2.05) is 0 Å². The molecule has 3 atom stereocenters. The summed E-state index contributed by atoms with van der Waals surface area (Å²) in [6, 6.07) is 1.26. The molecule has 1 aliphatic heterocycles. The first-order chi connectivity index (χ1) is 9.19. The van der Waals surface area contributed by atoms with E-state index >= 15 is 0 Å². The lowest BCUT2D eigenvalue weighted by molar-refractivity contribution is -0.134. The van der Waals surface area contributed by atoms with E-state index in [9.17, 15) is 10.1 Å². The van der Waals surface area contributed by atoms with Crippen molar-refractivity contribution < 1.29 is 4.79 Å². The Morgan fingerprint density at radius 1 is 1.26 bits per heavy atom. The van der Waals surface area contributed by atoms with Crippen molar-refractivity contribution in [3.05, 3.63) is 0 Å². The standard InChI is InChI=1S/C15H21N3O/c1-2-5-12-8-9-13(10-16)18(12)15(19)14(17)11-6-3-4-7-11/h11-14H,3-4,6-9,17H2,1H3/t12-,13-,14+/m0/s1. The highest BCUT2D eigenvalue weighted by molar-refractivity contribution is 5.83. The minimum atomic E-state index is -0.461. The fourth-order valence-electron chi connectivity index (χ4n) is 3.24. The number of nitrogens with two attached hydrogens (primary N) is 1. The van der Waals surface area contributed by atoms with E-state index in [0.29, 0.717) is 6.42 Å². The van der Waals surface area contributed by atoms with Gasteiger partial charge in [0.15, 0.2) is 0 Å². The first-order valence-corrected chi connectivity index (χ1v) is 7.08. The average Bonchev–Trinajstić information content (AvgIpc) is 3.06. The third kappa shape index (κ3) is 2.74. The van der Waals surface area contributed by atoms with Gasteiger partial charge >= 0.3 is 0 Å². The molecule has 0 spiro atoms. The van der Waals surface area contributed by atoms with Crippen molar-refractivity contribution >= 4 is 5.91 Å². The van der Waals surface area contributed by atoms with Gasteiger partial charge in [0.2, 0.25) is 5.91 Å². The van der Waals surface area contributed by atoms with Crippen LogP contribution >= 0.6 is 0 Å². The molecule has 2 aliphatic rings. The van der Waals surface area contributed by atoms with Crippen LogP contribution in [0.15, 0.2) is 0 Å². The molecule has 4 nitrogen and oxygen atoms in total. The van der Waals surface area contributed by atoms with E-state index in [1.54, 1.807) is 11.8 Å². The van der Waals surface area contributed by atoms with Gasteiger partial charge in [-0.3, -0.25) is 4.79 Å². The van der Waals surface area contributed by atoms with Crippen molar-refractivity contribution in [3.8, 4) is 17.9 Å². The molecule has 0 aromatic heterocycles. The van der Waals surface area contributed by atoms with E-state index in [0.717, 1.165) is 32.1 Å². The summed E-state index contributed by atoms with van der Waals surface area (Å²) in [6.07, 6.45) is 5.86. The molecular formula is C15H21N3O. The number of carbonyl (C=O) groups excluding carboxylic acids is 1. The maximum Gasteiger partial charge on any atom is 0.241 e. The molecule has 2 rings (SSSR count). The molecule has 0 radical (unpaired) electrons. The van der Waals surface area contributed by atoms with Crippen LogP contribution in [0.5, 0.6) is 0 Å². The van der Waals surface area contributed by atoms with Crippen LogP contribution in [-0.4, -0.2) is 28.9 Å². The molecule has 102 valence electrons. The van der Waals surface area contributed by atoms with Gasteiger partial charge in [-0.2, -0.15) is 5.26 Å². The van der Waals surface area contributed by atoms with E-state index in [4.69, 9.17) is 5.73 Å². The van der Waals surface area contributed by atoms with E-state index < -0.39 is 6.04 Å². The molecule has 2 fully saturated rings. The highest BCUT2D eigenvalue weighted by Crippen LogP contribution is 2.30. The van der Waals surface area contributed by atoms with Gasteiger partial charge in [0.25, 0.3) is 0 Å². The topological polar surface area (TPSA) is 70.1 Å². The molecule has 1 amide bonds. The summed E-state index contributed by atoms with van der Waals surface area (Å²) in [4.78, 5) is 14.2. The first kappa shape index (κ1) is 13.9. The van der Waals surface area contributed by atoms with Crippen LogP contribution in [0.2, 0.25) is 0 Å². The number of likely N-dealkylation sites (tertiary alicyclic amines) is 1. The second-order valence-electron chi connectivity index (χ2n) is 5.45. The monoisotopic (exact) mass is 259 g/mol. The van der Waals surface area contributed by atoms with Gasteiger partial charge in [-0.15, -0.1) is 5.92 Å². The third-order valence-corrected chi connectivity index (χ3v) is 4.29. The minimum Gasteiger partial charge on any atom is -0.320 e. The Bertz CT molecular complexity index is 437. The summed E-state index contributed by atoms with van der Waals surface area (Å²) in [7, 11) is 0. The van der Waals surface area contributed by atoms with Gasteiger partial charge in [-0.25, -0.2) is 0 Å². The molecule has 2 N–H and O–H groups in total. The zero-order chi connectivity index (χ0) is 13.8. The molecule has 1 heterocycles. The Kier molecular flexibility index (Phi) is 4.45. The highest BCUT2D eigenvalue weighted by atomic mass is 16.2. The molecule has 1 aliphatic carbocycles. The molecule has 0 aromatic carbocycles. The molecule has 1 saturated heterocycles. The summed E-state index contributed by atoms with van der Waals surface area (Å²) in [5, 5.41) is 9.19. The summed E-state index contributed by atoms with van der Waals surface area (Å²) in [6.45, 7) is 1.76. The van der Waals surface area contributed by atoms with Crippen molar-refractivity contribution in [3.63, 3.8) is 0 Å². The summed E-state index contributed by atoms with van der Waals surface area (Å²) < 4.78 is 0. The molecule has 1 saturated carbocycles. The maximum atomic E-state index is 12.6. The number of carbonyl (C=O) groups is 1. The number of nitriles is 1. The predicted octanol–water partition coefficient (Wildman–Crippen LogP) is 1.41. The number of rotatable bonds is 2. The van der Waals surface area contributed by atoms with Crippen molar-refractivity contribution in [2.24, 2.45) is 11.7 Å². The van der Waals surface area contributed by atoms with Crippen molar-refractivity contribution in [2.75, 3.05) is 0 Å². The molecular weight excluding hydrogens is 238 g/mol. The highest BCUT2D eigenvalue weighted by Gasteiger charge is 2.40. The molecule has 0 bridgehead atoms. The van der Waals surface area contributed by atoms with E-state index in [1.165, 1.54) is 0 Å². The Hall–Kier alpha value is -1.52. The second kappa shape index (κ2) is 6.08. The summed E-state index contributed by atoms with van der Waals surface area (Å²) in [5.41, 5.74) is 6.13. The fraction of sp³-hybridized carbons (Fsp3) is 0.733. The maximum absolute atomic E-state index is 12.6. The smallest absolute Gasteiger partial charge is 0.241 e. The Labute approximate surface area is 114 Å². The lowest BCUT2D eigenvalue weighted by Gasteiger charge is -2.29. The van der Waals surface area contributed by atoms with Crippen LogP contribution in [0.3, 0.4) is 0 Å². The predicted molar refractivity (Wildman–Crippen MR) is 72.7 cm³/mol. The van der Waals surface area contributed by atoms with Crippen LogP contribution in [-0.2, 0) is 4.79 Å². The zero-order valence-electron chi connectivity index (χ0n) is 11.4. The van der Waals surface area contributed by atoms with Crippen LogP contribution in [0.25, 0.3) is 0 Å². The summed E-state index contributed by atoms with van der Waals surface area (Å²) in [5.74, 6) is 6.09. The van der Waals surface area contributed by atoms with Gasteiger partial charge < -0.3 is 10.6 Å². The second-order valence-corrected chi connectivity index (χ2v) is 5.45. The van der Waals surface area contributed by atoms with Gasteiger partial charge in [0.1, 0.15) is 6.04 Å². The molecule has 19 heavy (non-hydrogen) atoms. The SMILES string of the molecule is CC#C[C@H]1CC[C@@H](C#N)N1C(=O)[C@H](N)C1CCCC1. The fourth-order valence-corrected chi connectivity index (χ4v) is 3.24. The Morgan fingerprint density at radius 2 is 1.89 bits per heavy atom. The molecule has 0 aromatic rings. The van der Waals surface area contributed by atoms with Gasteiger partial charge in [-0.1, -0.05) is 18.8 Å². The van der Waals surface area contributed by atoms with Crippen LogP contribution in [0.1, 0.15) is 45.4 Å². The number of nitrogens with zero attached hydrogens (tertiary/aromatic N) is 2. The lowest BCUT2D eigenvalue weighted by Crippen LogP contribution is -2.51. The normalized spacial score (nSPS) is 28.6. The van der Waals surface area contributed by atoms with Gasteiger partial charge in [0, 0.05) is 0 Å². The van der Waals surface area contributed by atoms with E-state index in [-0.39, 0.29) is 23.9 Å². The zero-order valence-corrected chi connectivity index (χ0v) is 11.4. The quantitative estimate of drug-likeness (QED) is 0.762. The minimum absolute atomic E-state index is 0.0799. The summed E-state index contributed by atoms with van der Waals surface area (Å²) >= 11 is 0. The van der Waals surface area contributed by atoms with Crippen molar-refractivity contribution in [1.29, 1.82) is 5.26 Å². The van der Waals surface area contributed by atoms with Gasteiger partial charge in [-0.05, 0) is 38.5 Å². The first-order valence-electron chi connectivity index (χ1n) is 7.08. The number of amides is 1. The molecule has 4 heteroatoms. The van der Waals surface area contributed by atoms with E-state index in [2.05, 4.69) is 17.9 Å². The largest absolute Gasteiger partial charge is 0.320 e. The van der Waals surface area contributed by atoms with Crippen LogP contribution in [0.4, 0.5) is 0 Å². The van der Waals surface area contributed by atoms with Crippen LogP contribution < -0.4 is 5.73 Å². The molecule has 0 unspecified atom stereocenters. The Morgan fingerprint density at radius 3 is 2.47 bits per heavy atom. The van der Waals surface area contributed by atoms with Crippen molar-refractivity contribution in [2.45, 2.75) is 63.6 Å². The Balaban J connectivity index is 2.13. The van der Waals surface area contributed by atoms with Crippen molar-refractivity contribution in [1.82, 2.24) is 4.90 Å². The number of hydrogen-bond donors (Lipinski definition) is 1. The lowest BCUT2D eigenvalue weighted by atomic mass is 9.97. The average molecular weight is 259 g/mol. The third-order valence-electron chi connectivity index (χ3n) is 4.29. The number of hydrogen-bond acceptors (Lipinski definition) is 3. The van der Waals surface area contributed by atoms with Crippen LogP contribution in [0, 0.1) is 29.1 Å². The van der Waals surface area contributed by atoms with Gasteiger partial charge in [0.05, 0.1) is 18.2 Å².